The first kappa shape index (κ1) is 13.6. The summed E-state index contributed by atoms with van der Waals surface area (Å²) in [7, 11) is 0. The summed E-state index contributed by atoms with van der Waals surface area (Å²) in [6.07, 6.45) is 1.47. The molecule has 1 heterocycles. The Bertz CT molecular complexity index is 507. The molecule has 4 nitrogen and oxygen atoms in total. The number of hydrogen-bond acceptors (Lipinski definition) is 4. The number of nitrogens with one attached hydrogen (secondary N) is 1. The molecule has 0 bridgehead atoms. The van der Waals surface area contributed by atoms with Crippen molar-refractivity contribution in [2.24, 2.45) is 0 Å². The highest BCUT2D eigenvalue weighted by atomic mass is 35.5. The molecule has 1 N–H and O–H groups in total. The molecule has 1 unspecified atom stereocenters. The lowest BCUT2D eigenvalue weighted by Crippen LogP contribution is -2.09. The molecule has 0 aliphatic heterocycles. The molecule has 1 aromatic heterocycles. The highest BCUT2D eigenvalue weighted by molar-refractivity contribution is 6.21. The molecule has 0 saturated carbocycles. The van der Waals surface area contributed by atoms with Gasteiger partial charge in [0.2, 0.25) is 5.88 Å². The van der Waals surface area contributed by atoms with Gasteiger partial charge in [0.25, 0.3) is 0 Å². The van der Waals surface area contributed by atoms with Crippen molar-refractivity contribution in [2.75, 3.05) is 18.5 Å². The van der Waals surface area contributed by atoms with Crippen molar-refractivity contribution in [1.82, 2.24) is 9.97 Å². The first-order valence-corrected chi connectivity index (χ1v) is 6.61. The molecule has 1 aromatic carbocycles. The number of ether oxygens (including phenoxy) is 1. The third kappa shape index (κ3) is 4.10. The fraction of sp³-hybridized carbons (Fsp3) is 0.286. The maximum Gasteiger partial charge on any atom is 0.218 e. The molecular weight excluding hydrogens is 262 g/mol. The molecule has 0 aliphatic rings. The van der Waals surface area contributed by atoms with Crippen LogP contribution in [0.1, 0.15) is 17.9 Å². The summed E-state index contributed by atoms with van der Waals surface area (Å²) < 4.78 is 5.31. The Morgan fingerprint density at radius 1 is 1.26 bits per heavy atom. The van der Waals surface area contributed by atoms with Crippen molar-refractivity contribution in [3.05, 3.63) is 48.3 Å². The third-order valence-electron chi connectivity index (χ3n) is 2.56. The van der Waals surface area contributed by atoms with Crippen LogP contribution in [-0.2, 0) is 0 Å². The number of aromatic nitrogens is 2. The summed E-state index contributed by atoms with van der Waals surface area (Å²) >= 11 is 6.32. The first-order chi connectivity index (χ1) is 9.29. The number of halogens is 1. The number of nitrogens with zero attached hydrogens (tertiary/aromatic N) is 2. The van der Waals surface area contributed by atoms with Gasteiger partial charge < -0.3 is 10.1 Å². The monoisotopic (exact) mass is 277 g/mol. The Balaban J connectivity index is 1.93. The van der Waals surface area contributed by atoms with E-state index in [2.05, 4.69) is 15.3 Å². The van der Waals surface area contributed by atoms with E-state index in [-0.39, 0.29) is 5.38 Å². The highest BCUT2D eigenvalue weighted by Crippen LogP contribution is 2.20. The van der Waals surface area contributed by atoms with E-state index in [1.165, 1.54) is 6.33 Å². The second kappa shape index (κ2) is 6.95. The van der Waals surface area contributed by atoms with Crippen LogP contribution < -0.4 is 10.1 Å². The predicted octanol–water partition coefficient (Wildman–Crippen LogP) is 3.27. The van der Waals surface area contributed by atoms with Gasteiger partial charge in [-0.2, -0.15) is 0 Å². The molecule has 0 spiro atoms. The molecule has 19 heavy (non-hydrogen) atoms. The van der Waals surface area contributed by atoms with Crippen LogP contribution >= 0.6 is 11.6 Å². The van der Waals surface area contributed by atoms with Crippen LogP contribution in [0.5, 0.6) is 5.88 Å². The summed E-state index contributed by atoms with van der Waals surface area (Å²) in [4.78, 5) is 8.13. The Morgan fingerprint density at radius 2 is 2.05 bits per heavy atom. The molecule has 1 atom stereocenters. The second-order valence-electron chi connectivity index (χ2n) is 3.93. The van der Waals surface area contributed by atoms with Crippen LogP contribution in [0, 0.1) is 0 Å². The minimum Gasteiger partial charge on any atom is -0.478 e. The van der Waals surface area contributed by atoms with Gasteiger partial charge in [0.15, 0.2) is 0 Å². The average Bonchev–Trinajstić information content (AvgIpc) is 2.46. The zero-order chi connectivity index (χ0) is 13.5. The van der Waals surface area contributed by atoms with Crippen LogP contribution in [0.4, 0.5) is 5.82 Å². The van der Waals surface area contributed by atoms with Crippen molar-refractivity contribution in [2.45, 2.75) is 12.3 Å². The summed E-state index contributed by atoms with van der Waals surface area (Å²) in [5.74, 6) is 1.27. The maximum atomic E-state index is 6.32. The molecule has 5 heteroatoms. The summed E-state index contributed by atoms with van der Waals surface area (Å²) in [6.45, 7) is 3.09. The highest BCUT2D eigenvalue weighted by Gasteiger charge is 2.07. The molecule has 0 aliphatic carbocycles. The second-order valence-corrected chi connectivity index (χ2v) is 4.46. The molecule has 2 aromatic rings. The van der Waals surface area contributed by atoms with Crippen molar-refractivity contribution < 1.29 is 4.74 Å². The van der Waals surface area contributed by atoms with E-state index in [1.807, 2.05) is 37.3 Å². The predicted molar refractivity (Wildman–Crippen MR) is 76.7 cm³/mol. The average molecular weight is 278 g/mol. The number of anilines is 1. The zero-order valence-corrected chi connectivity index (χ0v) is 11.5. The number of rotatable bonds is 6. The fourth-order valence-corrected chi connectivity index (χ4v) is 1.86. The lowest BCUT2D eigenvalue weighted by molar-refractivity contribution is 0.326. The Labute approximate surface area is 117 Å². The number of alkyl halides is 1. The largest absolute Gasteiger partial charge is 0.478 e. The van der Waals surface area contributed by atoms with Crippen LogP contribution in [0.15, 0.2) is 42.7 Å². The normalized spacial score (nSPS) is 11.9. The molecule has 100 valence electrons. The molecule has 0 radical (unpaired) electrons. The molecule has 2 rings (SSSR count). The molecule has 0 fully saturated rings. The van der Waals surface area contributed by atoms with E-state index in [4.69, 9.17) is 16.3 Å². The van der Waals surface area contributed by atoms with Crippen molar-refractivity contribution in [3.63, 3.8) is 0 Å². The Morgan fingerprint density at radius 3 is 2.79 bits per heavy atom. The van der Waals surface area contributed by atoms with E-state index in [9.17, 15) is 0 Å². The van der Waals surface area contributed by atoms with Gasteiger partial charge in [0, 0.05) is 12.6 Å². The topological polar surface area (TPSA) is 47.0 Å². The lowest BCUT2D eigenvalue weighted by Gasteiger charge is -2.12. The summed E-state index contributed by atoms with van der Waals surface area (Å²) in [5.41, 5.74) is 1.08. The quantitative estimate of drug-likeness (QED) is 0.823. The van der Waals surface area contributed by atoms with Gasteiger partial charge in [-0.05, 0) is 12.5 Å². The van der Waals surface area contributed by atoms with Gasteiger partial charge in [0.05, 0.1) is 12.0 Å². The minimum atomic E-state index is -0.105. The van der Waals surface area contributed by atoms with Crippen LogP contribution in [-0.4, -0.2) is 23.1 Å². The standard InChI is InChI=1S/C14H16ClN3O/c1-2-19-14-8-13(17-10-18-14)16-9-12(15)11-6-4-3-5-7-11/h3-8,10,12H,2,9H2,1H3,(H,16,17,18). The maximum absolute atomic E-state index is 6.32. The SMILES string of the molecule is CCOc1cc(NCC(Cl)c2ccccc2)ncn1. The Kier molecular flexibility index (Phi) is 4.98. The van der Waals surface area contributed by atoms with Gasteiger partial charge in [-0.3, -0.25) is 0 Å². The molecule has 0 amide bonds. The van der Waals surface area contributed by atoms with Gasteiger partial charge >= 0.3 is 0 Å². The first-order valence-electron chi connectivity index (χ1n) is 6.17. The van der Waals surface area contributed by atoms with E-state index >= 15 is 0 Å². The van der Waals surface area contributed by atoms with Crippen molar-refractivity contribution in [3.8, 4) is 5.88 Å². The lowest BCUT2D eigenvalue weighted by atomic mass is 10.1. The summed E-state index contributed by atoms with van der Waals surface area (Å²) in [6, 6.07) is 11.7. The third-order valence-corrected chi connectivity index (χ3v) is 2.96. The number of hydrogen-bond donors (Lipinski definition) is 1. The summed E-state index contributed by atoms with van der Waals surface area (Å²) in [5, 5.41) is 3.07. The van der Waals surface area contributed by atoms with E-state index in [1.54, 1.807) is 6.07 Å². The smallest absolute Gasteiger partial charge is 0.218 e. The van der Waals surface area contributed by atoms with Gasteiger partial charge in [-0.15, -0.1) is 11.6 Å². The molecule has 0 saturated heterocycles. The van der Waals surface area contributed by atoms with E-state index in [0.29, 0.717) is 24.8 Å². The van der Waals surface area contributed by atoms with Crippen LogP contribution in [0.3, 0.4) is 0 Å². The van der Waals surface area contributed by atoms with E-state index in [0.717, 1.165) is 5.56 Å². The number of benzene rings is 1. The fourth-order valence-electron chi connectivity index (χ4n) is 1.64. The van der Waals surface area contributed by atoms with Gasteiger partial charge in [-0.1, -0.05) is 30.3 Å². The zero-order valence-electron chi connectivity index (χ0n) is 10.7. The molecular formula is C14H16ClN3O. The van der Waals surface area contributed by atoms with Crippen LogP contribution in [0.2, 0.25) is 0 Å². The van der Waals surface area contributed by atoms with Gasteiger partial charge in [0.1, 0.15) is 12.1 Å². The minimum absolute atomic E-state index is 0.105. The van der Waals surface area contributed by atoms with Crippen molar-refractivity contribution in [1.29, 1.82) is 0 Å². The van der Waals surface area contributed by atoms with Crippen molar-refractivity contribution >= 4 is 17.4 Å². The Hall–Kier alpha value is -1.81. The van der Waals surface area contributed by atoms with Crippen LogP contribution in [0.25, 0.3) is 0 Å². The van der Waals surface area contributed by atoms with Gasteiger partial charge in [-0.25, -0.2) is 9.97 Å². The van der Waals surface area contributed by atoms with E-state index < -0.39 is 0 Å².